The molecular weight excluding hydrogens is 397 g/mol. The summed E-state index contributed by atoms with van der Waals surface area (Å²) in [4.78, 5) is 29.7. The van der Waals surface area contributed by atoms with E-state index < -0.39 is 17.2 Å². The number of nitrogens with one attached hydrogen (secondary N) is 1. The Balaban J connectivity index is 1.56. The lowest BCUT2D eigenvalue weighted by atomic mass is 10.1. The SMILES string of the molecule is O=C(N/N=C\c1ccccc1)c1cn(C2CC2)c2cc(-n3ccnc3)c(F)cc2c1=O. The fourth-order valence-electron chi connectivity index (χ4n) is 3.54. The molecule has 8 heteroatoms. The van der Waals surface area contributed by atoms with Crippen LogP contribution in [-0.2, 0) is 0 Å². The molecular formula is C23H18FN5O2. The van der Waals surface area contributed by atoms with Crippen molar-refractivity contribution in [2.45, 2.75) is 18.9 Å². The number of aromatic nitrogens is 3. The Hall–Kier alpha value is -4.07. The van der Waals surface area contributed by atoms with Gasteiger partial charge in [-0.2, -0.15) is 5.10 Å². The Morgan fingerprint density at radius 2 is 2.03 bits per heavy atom. The maximum atomic E-state index is 14.8. The van der Waals surface area contributed by atoms with E-state index in [9.17, 15) is 14.0 Å². The van der Waals surface area contributed by atoms with E-state index in [4.69, 9.17) is 0 Å². The van der Waals surface area contributed by atoms with Crippen molar-refractivity contribution in [2.75, 3.05) is 0 Å². The van der Waals surface area contributed by atoms with Crippen LogP contribution in [-0.4, -0.2) is 26.2 Å². The van der Waals surface area contributed by atoms with E-state index >= 15 is 0 Å². The molecule has 2 aromatic carbocycles. The molecule has 7 nitrogen and oxygen atoms in total. The summed E-state index contributed by atoms with van der Waals surface area (Å²) in [5.41, 5.74) is 3.49. The lowest BCUT2D eigenvalue weighted by Crippen LogP contribution is -2.27. The number of fused-ring (bicyclic) bond motifs is 1. The highest BCUT2D eigenvalue weighted by Crippen LogP contribution is 2.37. The molecule has 0 saturated heterocycles. The van der Waals surface area contributed by atoms with E-state index in [1.165, 1.54) is 18.6 Å². The van der Waals surface area contributed by atoms with Crippen molar-refractivity contribution < 1.29 is 9.18 Å². The number of amides is 1. The van der Waals surface area contributed by atoms with Gasteiger partial charge in [0.25, 0.3) is 5.91 Å². The number of halogens is 1. The average molecular weight is 415 g/mol. The zero-order valence-electron chi connectivity index (χ0n) is 16.4. The van der Waals surface area contributed by atoms with Crippen LogP contribution in [0.1, 0.15) is 34.8 Å². The van der Waals surface area contributed by atoms with Crippen LogP contribution in [0.25, 0.3) is 16.6 Å². The van der Waals surface area contributed by atoms with E-state index in [1.807, 2.05) is 34.9 Å². The predicted octanol–water partition coefficient (Wildman–Crippen LogP) is 3.43. The molecule has 1 amide bonds. The van der Waals surface area contributed by atoms with Gasteiger partial charge in [0.1, 0.15) is 11.4 Å². The van der Waals surface area contributed by atoms with Gasteiger partial charge in [-0.05, 0) is 30.5 Å². The first-order valence-electron chi connectivity index (χ1n) is 9.87. The minimum atomic E-state index is -0.632. The van der Waals surface area contributed by atoms with Crippen molar-refractivity contribution in [1.82, 2.24) is 19.5 Å². The fourth-order valence-corrected chi connectivity index (χ4v) is 3.54. The van der Waals surface area contributed by atoms with Gasteiger partial charge < -0.3 is 9.13 Å². The fraction of sp³-hybridized carbons (Fsp3) is 0.130. The third-order valence-electron chi connectivity index (χ3n) is 5.25. The normalized spacial score (nSPS) is 13.7. The summed E-state index contributed by atoms with van der Waals surface area (Å²) in [5, 5.41) is 4.10. The average Bonchev–Trinajstić information content (AvgIpc) is 3.48. The molecule has 1 fully saturated rings. The van der Waals surface area contributed by atoms with Crippen molar-refractivity contribution in [3.63, 3.8) is 0 Å². The molecule has 154 valence electrons. The molecule has 1 aliphatic rings. The van der Waals surface area contributed by atoms with E-state index in [1.54, 1.807) is 29.2 Å². The van der Waals surface area contributed by atoms with Gasteiger partial charge in [-0.25, -0.2) is 14.8 Å². The first kappa shape index (κ1) is 18.9. The summed E-state index contributed by atoms with van der Waals surface area (Å²) >= 11 is 0. The van der Waals surface area contributed by atoms with E-state index in [-0.39, 0.29) is 17.0 Å². The van der Waals surface area contributed by atoms with Gasteiger partial charge >= 0.3 is 0 Å². The van der Waals surface area contributed by atoms with E-state index in [0.29, 0.717) is 11.2 Å². The zero-order chi connectivity index (χ0) is 21.4. The number of carbonyl (C=O) groups excluding carboxylic acids is 1. The minimum Gasteiger partial charge on any atom is -0.343 e. The summed E-state index contributed by atoms with van der Waals surface area (Å²) in [7, 11) is 0. The van der Waals surface area contributed by atoms with Crippen molar-refractivity contribution in [2.24, 2.45) is 5.10 Å². The molecule has 5 rings (SSSR count). The number of pyridine rings is 1. The molecule has 1 aliphatic carbocycles. The molecule has 4 aromatic rings. The van der Waals surface area contributed by atoms with Gasteiger partial charge in [-0.15, -0.1) is 0 Å². The van der Waals surface area contributed by atoms with Gasteiger partial charge in [-0.1, -0.05) is 30.3 Å². The summed E-state index contributed by atoms with van der Waals surface area (Å²) in [5.74, 6) is -1.20. The quantitative estimate of drug-likeness (QED) is 0.401. The van der Waals surface area contributed by atoms with E-state index in [2.05, 4.69) is 15.5 Å². The number of carbonyl (C=O) groups is 1. The zero-order valence-corrected chi connectivity index (χ0v) is 16.4. The van der Waals surface area contributed by atoms with Gasteiger partial charge in [0, 0.05) is 30.0 Å². The molecule has 0 spiro atoms. The van der Waals surface area contributed by atoms with Crippen LogP contribution in [0.15, 0.2) is 77.3 Å². The molecule has 0 atom stereocenters. The molecule has 31 heavy (non-hydrogen) atoms. The van der Waals surface area contributed by atoms with Crippen LogP contribution in [0.5, 0.6) is 0 Å². The second kappa shape index (κ2) is 7.64. The third-order valence-corrected chi connectivity index (χ3v) is 5.25. The second-order valence-corrected chi connectivity index (χ2v) is 7.41. The standard InChI is InChI=1S/C23H18FN5O2/c24-19-10-17-20(11-21(19)28-9-8-25-14-28)29(16-6-7-16)13-18(22(17)30)23(31)27-26-12-15-4-2-1-3-5-15/h1-5,8-14,16H,6-7H2,(H,27,31)/b26-12-. The van der Waals surface area contributed by atoms with Gasteiger partial charge in [0.2, 0.25) is 5.43 Å². The van der Waals surface area contributed by atoms with Crippen molar-refractivity contribution >= 4 is 23.0 Å². The molecule has 2 heterocycles. The highest BCUT2D eigenvalue weighted by atomic mass is 19.1. The number of hydrogen-bond donors (Lipinski definition) is 1. The highest BCUT2D eigenvalue weighted by molar-refractivity contribution is 5.98. The van der Waals surface area contributed by atoms with Crippen molar-refractivity contribution in [3.05, 3.63) is 94.5 Å². The Morgan fingerprint density at radius 1 is 1.23 bits per heavy atom. The van der Waals surface area contributed by atoms with Gasteiger partial charge in [-0.3, -0.25) is 9.59 Å². The number of hydrazone groups is 1. The number of imidazole rings is 1. The monoisotopic (exact) mass is 415 g/mol. The summed E-state index contributed by atoms with van der Waals surface area (Å²) in [6.07, 6.45) is 9.60. The molecule has 0 bridgehead atoms. The van der Waals surface area contributed by atoms with Crippen molar-refractivity contribution in [1.29, 1.82) is 0 Å². The van der Waals surface area contributed by atoms with Crippen LogP contribution >= 0.6 is 0 Å². The first-order valence-corrected chi connectivity index (χ1v) is 9.87. The summed E-state index contributed by atoms with van der Waals surface area (Å²) in [6.45, 7) is 0. The predicted molar refractivity (Wildman–Crippen MR) is 115 cm³/mol. The molecule has 0 aliphatic heterocycles. The smallest absolute Gasteiger partial charge is 0.276 e. The molecule has 1 N–H and O–H groups in total. The summed E-state index contributed by atoms with van der Waals surface area (Å²) in [6, 6.07) is 12.3. The Morgan fingerprint density at radius 3 is 2.74 bits per heavy atom. The summed E-state index contributed by atoms with van der Waals surface area (Å²) < 4.78 is 18.2. The minimum absolute atomic E-state index is 0.0700. The topological polar surface area (TPSA) is 81.3 Å². The Labute approximate surface area is 176 Å². The first-order chi connectivity index (χ1) is 15.1. The number of rotatable bonds is 5. The van der Waals surface area contributed by atoms with Crippen LogP contribution in [0, 0.1) is 5.82 Å². The number of nitrogens with zero attached hydrogens (tertiary/aromatic N) is 4. The second-order valence-electron chi connectivity index (χ2n) is 7.41. The van der Waals surface area contributed by atoms with Crippen LogP contribution in [0.3, 0.4) is 0 Å². The number of hydrogen-bond acceptors (Lipinski definition) is 4. The third kappa shape index (κ3) is 3.63. The van der Waals surface area contributed by atoms with Gasteiger partial charge in [0.05, 0.1) is 23.7 Å². The van der Waals surface area contributed by atoms with Gasteiger partial charge in [0.15, 0.2) is 0 Å². The van der Waals surface area contributed by atoms with Crippen LogP contribution in [0.4, 0.5) is 4.39 Å². The van der Waals surface area contributed by atoms with E-state index in [0.717, 1.165) is 18.4 Å². The molecule has 2 aromatic heterocycles. The lowest BCUT2D eigenvalue weighted by Gasteiger charge is -2.14. The molecule has 0 unspecified atom stereocenters. The van der Waals surface area contributed by atoms with Crippen LogP contribution in [0.2, 0.25) is 0 Å². The number of benzene rings is 2. The lowest BCUT2D eigenvalue weighted by molar-refractivity contribution is 0.0953. The Kier molecular flexibility index (Phi) is 4.66. The molecule has 0 radical (unpaired) electrons. The highest BCUT2D eigenvalue weighted by Gasteiger charge is 2.27. The Bertz CT molecular complexity index is 1360. The maximum Gasteiger partial charge on any atom is 0.276 e. The van der Waals surface area contributed by atoms with Crippen LogP contribution < -0.4 is 10.9 Å². The van der Waals surface area contributed by atoms with Crippen molar-refractivity contribution in [3.8, 4) is 5.69 Å². The maximum absolute atomic E-state index is 14.8. The molecule has 1 saturated carbocycles. The largest absolute Gasteiger partial charge is 0.343 e.